The summed E-state index contributed by atoms with van der Waals surface area (Å²) in [4.78, 5) is 138. The number of carbonyl (C=O) groups excluding carboxylic acids is 10. The van der Waals surface area contributed by atoms with Gasteiger partial charge in [-0.3, -0.25) is 47.9 Å². The number of hydrogen-bond acceptors (Lipinski definition) is 14. The lowest BCUT2D eigenvalue weighted by Gasteiger charge is -2.33. The number of hydrogen-bond donors (Lipinski definition) is 11. The van der Waals surface area contributed by atoms with Gasteiger partial charge in [-0.05, 0) is 79.1 Å². The minimum atomic E-state index is -2.37. The molecular weight excluding hydrogens is 960 g/mol. The molecule has 2 aliphatic rings. The molecule has 1 aromatic carbocycles. The number of primary amides is 2. The summed E-state index contributed by atoms with van der Waals surface area (Å²) in [6, 6.07) is -5.51. The van der Waals surface area contributed by atoms with E-state index in [1.807, 2.05) is 13.8 Å². The summed E-state index contributed by atoms with van der Waals surface area (Å²) in [5.74, 6) is -11.0. The van der Waals surface area contributed by atoms with Crippen LogP contribution in [0.5, 0.6) is 5.75 Å². The Balaban J connectivity index is 2.21. The number of nitrogens with zero attached hydrogens (tertiary/aromatic N) is 2. The minimum absolute atomic E-state index is 0.0211. The van der Waals surface area contributed by atoms with Crippen LogP contribution >= 0.6 is 15.9 Å². The number of amides is 10. The number of methoxy groups -OCH3 is 1. The predicted octanol–water partition coefficient (Wildman–Crippen LogP) is -3.45. The number of ether oxygens (including phenoxy) is 1. The van der Waals surface area contributed by atoms with E-state index < -0.39 is 132 Å². The van der Waals surface area contributed by atoms with Crippen LogP contribution in [-0.4, -0.2) is 166 Å². The van der Waals surface area contributed by atoms with Gasteiger partial charge in [0.1, 0.15) is 41.7 Å². The Hall–Kier alpha value is -6.18. The monoisotopic (exact) mass is 1020 g/mol. The molecule has 0 saturated carbocycles. The fraction of sp³-hybridized carbons (Fsp3) is 0.581. The molecular formula is C43H63BrN10O14. The summed E-state index contributed by atoms with van der Waals surface area (Å²) in [6.45, 7) is 5.64. The maximum Gasteiger partial charge on any atom is 0.270 e. The van der Waals surface area contributed by atoms with Crippen LogP contribution in [0.25, 0.3) is 0 Å². The zero-order chi connectivity index (χ0) is 51.2. The Bertz CT molecular complexity index is 2110. The largest absolute Gasteiger partial charge is 0.507 e. The van der Waals surface area contributed by atoms with Crippen molar-refractivity contribution in [2.24, 2.45) is 17.4 Å². The lowest BCUT2D eigenvalue weighted by molar-refractivity contribution is -0.146. The van der Waals surface area contributed by atoms with Gasteiger partial charge in [-0.2, -0.15) is 0 Å². The van der Waals surface area contributed by atoms with Crippen LogP contribution < -0.4 is 43.4 Å². The second-order valence-electron chi connectivity index (χ2n) is 16.8. The van der Waals surface area contributed by atoms with Crippen LogP contribution in [0.3, 0.4) is 0 Å². The smallest absolute Gasteiger partial charge is 0.270 e. The number of rotatable bonds is 12. The van der Waals surface area contributed by atoms with E-state index in [-0.39, 0.29) is 48.4 Å². The maximum atomic E-state index is 14.3. The van der Waals surface area contributed by atoms with Crippen molar-refractivity contribution in [1.82, 2.24) is 41.7 Å². The van der Waals surface area contributed by atoms with E-state index in [2.05, 4.69) is 47.8 Å². The Labute approximate surface area is 401 Å². The van der Waals surface area contributed by atoms with Gasteiger partial charge < -0.3 is 73.2 Å². The molecule has 0 spiro atoms. The number of allylic oxidation sites excluding steroid dienone is 1. The van der Waals surface area contributed by atoms with Crippen LogP contribution in [0.15, 0.2) is 34.4 Å². The number of nitrogens with two attached hydrogens (primary N) is 2. The standard InChI is InChI=1S/C43H63BrN10O14/c1-7-20(3)11-13-25-34(58)41(65)47-24(8-2)42(66)53(5)19-31(57)51-33(35(59)36(46)60)40(64)52-32(21(4)68-6)43(67)54-15-9-10-28(54)39(63)50-26(17-22-12-14-29(55)23(44)16-22)37(61)49-27(18-30(45)56)38(62)48-25/h8,12,14,16,20-21,25-28,32-35,55,58-59H,7,9-11,13,15,17-19H2,1-6H3,(H2,45,56)(H2,46,60)(H,47,65)(H,48,62)(H,49,61)(H,50,63)(H,51,57)(H,52,64)/b24-8-. The summed E-state index contributed by atoms with van der Waals surface area (Å²) in [5.41, 5.74) is 10.8. The van der Waals surface area contributed by atoms with Crippen molar-refractivity contribution in [3.63, 3.8) is 0 Å². The van der Waals surface area contributed by atoms with Crippen molar-refractivity contribution in [2.75, 3.05) is 27.2 Å². The van der Waals surface area contributed by atoms with Crippen LogP contribution in [0.4, 0.5) is 0 Å². The molecule has 2 fully saturated rings. The summed E-state index contributed by atoms with van der Waals surface area (Å²) in [5, 5.41) is 46.7. The Kier molecular flexibility index (Phi) is 21.3. The average molecular weight is 1020 g/mol. The third kappa shape index (κ3) is 15.4. The summed E-state index contributed by atoms with van der Waals surface area (Å²) in [6.07, 6.45) is -4.17. The summed E-state index contributed by atoms with van der Waals surface area (Å²) in [7, 11) is 2.34. The molecule has 0 aromatic heterocycles. The number of likely N-dealkylation sites (N-methyl/N-ethyl adjacent to an activating group) is 1. The second-order valence-corrected chi connectivity index (χ2v) is 17.6. The normalized spacial score (nSPS) is 26.4. The number of carbonyl (C=O) groups is 10. The molecule has 0 aliphatic carbocycles. The van der Waals surface area contributed by atoms with Gasteiger partial charge in [0.25, 0.3) is 11.8 Å². The van der Waals surface area contributed by atoms with Gasteiger partial charge in [0.2, 0.25) is 47.3 Å². The van der Waals surface area contributed by atoms with E-state index >= 15 is 0 Å². The van der Waals surface area contributed by atoms with Gasteiger partial charge in [-0.15, -0.1) is 0 Å². The second kappa shape index (κ2) is 25.8. The van der Waals surface area contributed by atoms with Crippen LogP contribution in [0.2, 0.25) is 0 Å². The SMILES string of the molecule is C/C=C1\NC(=O)C(O)C(CCC(C)CC)NC(=O)C(CC(N)=O)NC(=O)C(Cc2ccc(O)c(Br)c2)NC(=O)C2CCCN2C(=O)C(C(C)OC)NC(=O)C(C(O)C(N)=O)NC(=O)CN(C)C1=O. The van der Waals surface area contributed by atoms with Gasteiger partial charge in [-0.1, -0.05) is 32.4 Å². The quantitative estimate of drug-likeness (QED) is 0.0908. The van der Waals surface area contributed by atoms with Crippen molar-refractivity contribution in [1.29, 1.82) is 0 Å². The molecule has 3 rings (SSSR count). The number of halogens is 1. The fourth-order valence-corrected chi connectivity index (χ4v) is 7.80. The minimum Gasteiger partial charge on any atom is -0.507 e. The summed E-state index contributed by atoms with van der Waals surface area (Å²) < 4.78 is 5.61. The molecule has 24 nitrogen and oxygen atoms in total. The molecule has 10 atom stereocenters. The number of aromatic hydroxyl groups is 1. The van der Waals surface area contributed by atoms with Gasteiger partial charge in [0.05, 0.1) is 29.6 Å². The molecule has 2 aliphatic heterocycles. The highest BCUT2D eigenvalue weighted by Gasteiger charge is 2.43. The van der Waals surface area contributed by atoms with E-state index in [0.717, 1.165) is 22.9 Å². The van der Waals surface area contributed by atoms with E-state index in [0.29, 0.717) is 18.4 Å². The van der Waals surface area contributed by atoms with Gasteiger partial charge in [0, 0.05) is 27.1 Å². The van der Waals surface area contributed by atoms with E-state index in [1.165, 1.54) is 39.2 Å². The molecule has 376 valence electrons. The molecule has 1 aromatic rings. The van der Waals surface area contributed by atoms with E-state index in [1.54, 1.807) is 0 Å². The van der Waals surface area contributed by atoms with Gasteiger partial charge >= 0.3 is 0 Å². The van der Waals surface area contributed by atoms with Crippen molar-refractivity contribution < 1.29 is 68.0 Å². The van der Waals surface area contributed by atoms with E-state index in [4.69, 9.17) is 16.2 Å². The first kappa shape index (κ1) is 56.1. The van der Waals surface area contributed by atoms with Crippen LogP contribution in [0.1, 0.15) is 71.8 Å². The topological polar surface area (TPSA) is 371 Å². The van der Waals surface area contributed by atoms with Crippen LogP contribution in [-0.2, 0) is 59.1 Å². The number of phenols is 1. The van der Waals surface area contributed by atoms with Gasteiger partial charge in [0.15, 0.2) is 12.2 Å². The molecule has 2 saturated heterocycles. The zero-order valence-electron chi connectivity index (χ0n) is 38.7. The fourth-order valence-electron chi connectivity index (χ4n) is 7.38. The maximum absolute atomic E-state index is 14.3. The highest BCUT2D eigenvalue weighted by atomic mass is 79.9. The third-order valence-electron chi connectivity index (χ3n) is 11.7. The lowest BCUT2D eigenvalue weighted by atomic mass is 9.95. The van der Waals surface area contributed by atoms with Crippen molar-refractivity contribution >= 4 is 75.0 Å². The van der Waals surface area contributed by atoms with Crippen molar-refractivity contribution in [2.45, 2.75) is 127 Å². The Morgan fingerprint density at radius 2 is 1.57 bits per heavy atom. The Morgan fingerprint density at radius 3 is 2.16 bits per heavy atom. The molecule has 68 heavy (non-hydrogen) atoms. The molecule has 10 amide bonds. The first-order valence-electron chi connectivity index (χ1n) is 21.9. The zero-order valence-corrected chi connectivity index (χ0v) is 40.3. The number of benzene rings is 1. The first-order chi connectivity index (χ1) is 31.9. The molecule has 10 unspecified atom stereocenters. The number of nitrogens with one attached hydrogen (secondary N) is 6. The number of phenolic OH excluding ortho intramolecular Hbond substituents is 1. The van der Waals surface area contributed by atoms with Crippen molar-refractivity contribution in [3.8, 4) is 5.75 Å². The highest BCUT2D eigenvalue weighted by Crippen LogP contribution is 2.26. The third-order valence-corrected chi connectivity index (χ3v) is 12.4. The number of aliphatic hydroxyl groups is 2. The average Bonchev–Trinajstić information content (AvgIpc) is 3.79. The lowest BCUT2D eigenvalue weighted by Crippen LogP contribution is -2.64. The highest BCUT2D eigenvalue weighted by molar-refractivity contribution is 9.10. The van der Waals surface area contributed by atoms with Gasteiger partial charge in [-0.25, -0.2) is 0 Å². The predicted molar refractivity (Wildman–Crippen MR) is 244 cm³/mol. The summed E-state index contributed by atoms with van der Waals surface area (Å²) >= 11 is 3.22. The molecule has 13 N–H and O–H groups in total. The molecule has 2 heterocycles. The number of fused-ring (bicyclic) bond motifs is 1. The number of aliphatic hydroxyl groups excluding tert-OH is 2. The molecule has 0 bridgehead atoms. The first-order valence-corrected chi connectivity index (χ1v) is 22.7. The molecule has 25 heteroatoms. The molecule has 0 radical (unpaired) electrons. The van der Waals surface area contributed by atoms with E-state index in [9.17, 15) is 63.3 Å². The Morgan fingerprint density at radius 1 is 0.926 bits per heavy atom. The van der Waals surface area contributed by atoms with Crippen LogP contribution in [0, 0.1) is 5.92 Å². The van der Waals surface area contributed by atoms with Crippen molar-refractivity contribution in [3.05, 3.63) is 40.0 Å².